The predicted octanol–water partition coefficient (Wildman–Crippen LogP) is 2.15. The molecule has 2 atom stereocenters. The molecule has 2 N–H and O–H groups in total. The minimum Gasteiger partial charge on any atom is -0.478 e. The van der Waals surface area contributed by atoms with Crippen molar-refractivity contribution < 1.29 is 14.6 Å². The lowest BCUT2D eigenvalue weighted by atomic mass is 9.91. The van der Waals surface area contributed by atoms with E-state index in [9.17, 15) is 14.7 Å². The number of aliphatic hydroxyl groups is 1. The highest BCUT2D eigenvalue weighted by molar-refractivity contribution is 6.31. The Morgan fingerprint density at radius 1 is 1.31 bits per heavy atom. The van der Waals surface area contributed by atoms with Gasteiger partial charge in [-0.05, 0) is 42.0 Å². The van der Waals surface area contributed by atoms with Crippen molar-refractivity contribution in [1.82, 2.24) is 19.9 Å². The normalized spacial score (nSPS) is 18.0. The zero-order valence-electron chi connectivity index (χ0n) is 20.1. The Bertz CT molecular complexity index is 1290. The number of anilines is 1. The summed E-state index contributed by atoms with van der Waals surface area (Å²) in [6.45, 7) is 3.63. The van der Waals surface area contributed by atoms with E-state index in [1.54, 1.807) is 19.3 Å². The van der Waals surface area contributed by atoms with Gasteiger partial charge in [0.05, 0.1) is 22.4 Å². The predicted molar refractivity (Wildman–Crippen MR) is 135 cm³/mol. The molecule has 3 heterocycles. The monoisotopic (exact) mass is 499 g/mol. The average Bonchev–Trinajstić information content (AvgIpc) is 2.85. The molecule has 186 valence electrons. The largest absolute Gasteiger partial charge is 0.478 e. The third-order valence-electron chi connectivity index (χ3n) is 6.36. The van der Waals surface area contributed by atoms with Gasteiger partial charge in [0.25, 0.3) is 11.5 Å². The first-order valence-corrected chi connectivity index (χ1v) is 12.0. The lowest BCUT2D eigenvalue weighted by Crippen LogP contribution is -2.41. The molecule has 9 nitrogen and oxygen atoms in total. The van der Waals surface area contributed by atoms with Gasteiger partial charge in [-0.1, -0.05) is 24.6 Å². The van der Waals surface area contributed by atoms with E-state index in [0.29, 0.717) is 35.5 Å². The molecule has 2 aromatic heterocycles. The summed E-state index contributed by atoms with van der Waals surface area (Å²) in [4.78, 5) is 35.5. The summed E-state index contributed by atoms with van der Waals surface area (Å²) >= 11 is 6.46. The van der Waals surface area contributed by atoms with E-state index in [-0.39, 0.29) is 36.3 Å². The van der Waals surface area contributed by atoms with Gasteiger partial charge in [0.2, 0.25) is 5.95 Å². The fourth-order valence-corrected chi connectivity index (χ4v) is 4.73. The second-order valence-electron chi connectivity index (χ2n) is 9.16. The molecule has 4 rings (SSSR count). The molecule has 3 aromatic rings. The van der Waals surface area contributed by atoms with Crippen LogP contribution in [0.1, 0.15) is 24.6 Å². The van der Waals surface area contributed by atoms with Crippen molar-refractivity contribution in [2.45, 2.75) is 19.8 Å². The lowest BCUT2D eigenvalue weighted by molar-refractivity contribution is -0.122. The van der Waals surface area contributed by atoms with Crippen molar-refractivity contribution >= 4 is 34.4 Å². The van der Waals surface area contributed by atoms with E-state index in [2.05, 4.69) is 22.1 Å². The number of rotatable bonds is 7. The number of pyridine rings is 1. The Kier molecular flexibility index (Phi) is 7.57. The first-order chi connectivity index (χ1) is 16.8. The summed E-state index contributed by atoms with van der Waals surface area (Å²) in [5.41, 5.74) is 2.10. The Morgan fingerprint density at radius 2 is 2.11 bits per heavy atom. The number of ether oxygens (including phenoxy) is 1. The highest BCUT2D eigenvalue weighted by atomic mass is 35.5. The van der Waals surface area contributed by atoms with Gasteiger partial charge in [-0.3, -0.25) is 9.59 Å². The number of hydrogen-bond acceptors (Lipinski definition) is 7. The summed E-state index contributed by atoms with van der Waals surface area (Å²) in [7, 11) is 3.18. The maximum atomic E-state index is 12.6. The molecular formula is C25H30ClN5O4. The minimum absolute atomic E-state index is 0.112. The molecule has 1 aliphatic heterocycles. The zero-order valence-corrected chi connectivity index (χ0v) is 20.9. The standard InChI is InChI=1S/C25H30ClN5O4/c1-15-6-17(13-32)12-31(11-15)25-28-10-19(26)20(29-25)8-16-4-5-21-18(7-16)9-22(24(34)30(21)3)35-14-23(33)27-2/h4-5,7,9-10,15,17,32H,6,8,11-14H2,1-3H3,(H,27,33)/t15-,17+/m0/s1. The van der Waals surface area contributed by atoms with Crippen LogP contribution in [-0.2, 0) is 18.3 Å². The van der Waals surface area contributed by atoms with Crippen molar-refractivity contribution in [3.05, 3.63) is 57.1 Å². The molecule has 1 aliphatic rings. The second kappa shape index (κ2) is 10.6. The molecule has 10 heteroatoms. The molecule has 35 heavy (non-hydrogen) atoms. The van der Waals surface area contributed by atoms with Crippen molar-refractivity contribution in [3.8, 4) is 5.75 Å². The number of aromatic nitrogens is 3. The molecule has 1 saturated heterocycles. The number of benzene rings is 1. The van der Waals surface area contributed by atoms with Gasteiger partial charge in [0.1, 0.15) is 0 Å². The van der Waals surface area contributed by atoms with Crippen LogP contribution in [0, 0.1) is 11.8 Å². The van der Waals surface area contributed by atoms with E-state index < -0.39 is 0 Å². The number of nitrogens with one attached hydrogen (secondary N) is 1. The molecule has 1 amide bonds. The third-order valence-corrected chi connectivity index (χ3v) is 6.67. The third kappa shape index (κ3) is 5.57. The van der Waals surface area contributed by atoms with E-state index in [1.807, 2.05) is 18.2 Å². The number of amides is 1. The number of nitrogens with zero attached hydrogens (tertiary/aromatic N) is 4. The van der Waals surface area contributed by atoms with Gasteiger partial charge in [-0.15, -0.1) is 0 Å². The summed E-state index contributed by atoms with van der Waals surface area (Å²) in [5, 5.41) is 13.4. The van der Waals surface area contributed by atoms with Crippen molar-refractivity contribution in [3.63, 3.8) is 0 Å². The van der Waals surface area contributed by atoms with Crippen LogP contribution in [0.2, 0.25) is 5.02 Å². The Hall–Kier alpha value is -3.17. The van der Waals surface area contributed by atoms with E-state index >= 15 is 0 Å². The van der Waals surface area contributed by atoms with Gasteiger partial charge >= 0.3 is 0 Å². The molecule has 0 saturated carbocycles. The number of carbonyl (C=O) groups is 1. The number of carbonyl (C=O) groups excluding carboxylic acids is 1. The van der Waals surface area contributed by atoms with Gasteiger partial charge in [-0.25, -0.2) is 9.97 Å². The Balaban J connectivity index is 1.61. The number of aliphatic hydroxyl groups excluding tert-OH is 1. The van der Waals surface area contributed by atoms with Crippen molar-refractivity contribution in [2.75, 3.05) is 38.3 Å². The van der Waals surface area contributed by atoms with Crippen LogP contribution >= 0.6 is 11.6 Å². The molecule has 0 spiro atoms. The van der Waals surface area contributed by atoms with Gasteiger partial charge < -0.3 is 24.6 Å². The van der Waals surface area contributed by atoms with E-state index in [0.717, 1.165) is 29.4 Å². The van der Waals surface area contributed by atoms with Crippen molar-refractivity contribution in [2.24, 2.45) is 18.9 Å². The maximum absolute atomic E-state index is 12.6. The number of halogens is 1. The van der Waals surface area contributed by atoms with Crippen LogP contribution in [0.5, 0.6) is 5.75 Å². The molecule has 0 radical (unpaired) electrons. The van der Waals surface area contributed by atoms with Crippen LogP contribution in [0.25, 0.3) is 10.9 Å². The summed E-state index contributed by atoms with van der Waals surface area (Å²) in [5.74, 6) is 1.05. The molecule has 1 aromatic carbocycles. The first-order valence-electron chi connectivity index (χ1n) is 11.6. The highest BCUT2D eigenvalue weighted by Crippen LogP contribution is 2.27. The number of likely N-dealkylation sites (N-methyl/N-ethyl adjacent to an activating group) is 1. The van der Waals surface area contributed by atoms with Crippen LogP contribution < -0.4 is 20.5 Å². The SMILES string of the molecule is CNC(=O)COc1cc2cc(Cc3nc(N4C[C@@H](C)C[C@@H](CO)C4)ncc3Cl)ccc2n(C)c1=O. The number of piperidine rings is 1. The molecular weight excluding hydrogens is 470 g/mol. The topological polar surface area (TPSA) is 110 Å². The fraction of sp³-hybridized carbons (Fsp3) is 0.440. The minimum atomic E-state index is -0.316. The van der Waals surface area contributed by atoms with E-state index in [1.165, 1.54) is 11.6 Å². The highest BCUT2D eigenvalue weighted by Gasteiger charge is 2.26. The van der Waals surface area contributed by atoms with Crippen LogP contribution in [0.15, 0.2) is 35.3 Å². The summed E-state index contributed by atoms with van der Waals surface area (Å²) in [6.07, 6.45) is 3.10. The molecule has 0 unspecified atom stereocenters. The second-order valence-corrected chi connectivity index (χ2v) is 9.57. The zero-order chi connectivity index (χ0) is 25.1. The van der Waals surface area contributed by atoms with Gasteiger partial charge in [-0.2, -0.15) is 0 Å². The van der Waals surface area contributed by atoms with Crippen molar-refractivity contribution in [1.29, 1.82) is 0 Å². The van der Waals surface area contributed by atoms with Crippen LogP contribution in [-0.4, -0.2) is 58.9 Å². The number of hydrogen-bond donors (Lipinski definition) is 2. The quantitative estimate of drug-likeness (QED) is 0.512. The first kappa shape index (κ1) is 24.9. The number of aryl methyl sites for hydroxylation is 1. The van der Waals surface area contributed by atoms with Gasteiger partial charge in [0.15, 0.2) is 12.4 Å². The Morgan fingerprint density at radius 3 is 2.86 bits per heavy atom. The lowest BCUT2D eigenvalue weighted by Gasteiger charge is -2.35. The molecule has 1 fully saturated rings. The molecule has 0 bridgehead atoms. The number of fused-ring (bicyclic) bond motifs is 1. The average molecular weight is 500 g/mol. The fourth-order valence-electron chi connectivity index (χ4n) is 4.57. The summed E-state index contributed by atoms with van der Waals surface area (Å²) in [6, 6.07) is 7.43. The van der Waals surface area contributed by atoms with E-state index in [4.69, 9.17) is 21.3 Å². The molecule has 0 aliphatic carbocycles. The van der Waals surface area contributed by atoms with Crippen LogP contribution in [0.3, 0.4) is 0 Å². The Labute approximate surface area is 208 Å². The van der Waals surface area contributed by atoms with Crippen LogP contribution in [0.4, 0.5) is 5.95 Å². The smallest absolute Gasteiger partial charge is 0.293 e. The maximum Gasteiger partial charge on any atom is 0.293 e. The van der Waals surface area contributed by atoms with Gasteiger partial charge in [0, 0.05) is 45.6 Å². The summed E-state index contributed by atoms with van der Waals surface area (Å²) < 4.78 is 6.96.